The topological polar surface area (TPSA) is 37.8 Å². The first-order valence-electron chi connectivity index (χ1n) is 11.2. The summed E-state index contributed by atoms with van der Waals surface area (Å²) in [5, 5.41) is 5.35. The molecule has 0 aliphatic carbocycles. The van der Waals surface area contributed by atoms with Gasteiger partial charge in [-0.15, -0.1) is 11.8 Å². The molecule has 2 heterocycles. The lowest BCUT2D eigenvalue weighted by Crippen LogP contribution is -2.10. The normalized spacial score (nSPS) is 12.1. The van der Waals surface area contributed by atoms with Gasteiger partial charge in [-0.3, -0.25) is 4.98 Å². The van der Waals surface area contributed by atoms with Gasteiger partial charge in [-0.05, 0) is 55.0 Å². The summed E-state index contributed by atoms with van der Waals surface area (Å²) in [6.07, 6.45) is 5.58. The number of nitrogens with zero attached hydrogens (tertiary/aromatic N) is 2. The quantitative estimate of drug-likeness (QED) is 0.200. The van der Waals surface area contributed by atoms with Gasteiger partial charge in [0.15, 0.2) is 0 Å². The average molecular weight is 462 g/mol. The van der Waals surface area contributed by atoms with Gasteiger partial charge in [-0.25, -0.2) is 4.98 Å². The molecule has 0 bridgehead atoms. The van der Waals surface area contributed by atoms with Crippen LogP contribution < -0.4 is 5.32 Å². The molecule has 4 aromatic rings. The molecule has 3 nitrogen and oxygen atoms in total. The van der Waals surface area contributed by atoms with Crippen LogP contribution in [0.5, 0.6) is 0 Å². The number of hydrogen-bond acceptors (Lipinski definition) is 4. The lowest BCUT2D eigenvalue weighted by atomic mass is 10.1. The van der Waals surface area contributed by atoms with E-state index in [4.69, 9.17) is 16.6 Å². The average Bonchev–Trinajstić information content (AvgIpc) is 2.82. The van der Waals surface area contributed by atoms with E-state index >= 15 is 0 Å². The molecule has 32 heavy (non-hydrogen) atoms. The standard InChI is InChI=1S/C27H28ClN3S/c1-3-4-9-17-32-26-15-8-6-11-20(26)19(2)30-27-22-13-10-16-29-24(22)18-25(31-27)21-12-5-7-14-23(21)28/h5-8,10-16,18-19H,3-4,9,17H2,1-2H3,(H,30,31). The molecule has 4 rings (SSSR count). The monoisotopic (exact) mass is 461 g/mol. The van der Waals surface area contributed by atoms with Gasteiger partial charge in [0.1, 0.15) is 5.82 Å². The van der Waals surface area contributed by atoms with Crippen LogP contribution in [0, 0.1) is 0 Å². The Bertz CT molecular complexity index is 1190. The molecular formula is C27H28ClN3S. The molecule has 164 valence electrons. The van der Waals surface area contributed by atoms with Gasteiger partial charge in [-0.2, -0.15) is 0 Å². The van der Waals surface area contributed by atoms with Crippen molar-refractivity contribution in [1.29, 1.82) is 0 Å². The Balaban J connectivity index is 1.67. The molecule has 0 aliphatic heterocycles. The summed E-state index contributed by atoms with van der Waals surface area (Å²) in [5.74, 6) is 1.97. The predicted molar refractivity (Wildman–Crippen MR) is 139 cm³/mol. The van der Waals surface area contributed by atoms with Crippen molar-refractivity contribution in [2.75, 3.05) is 11.1 Å². The number of rotatable bonds is 9. The number of fused-ring (bicyclic) bond motifs is 1. The van der Waals surface area contributed by atoms with Crippen molar-refractivity contribution in [3.8, 4) is 11.3 Å². The molecule has 2 aromatic heterocycles. The van der Waals surface area contributed by atoms with E-state index in [1.54, 1.807) is 0 Å². The molecular weight excluding hydrogens is 434 g/mol. The van der Waals surface area contributed by atoms with Crippen molar-refractivity contribution in [2.24, 2.45) is 0 Å². The van der Waals surface area contributed by atoms with Gasteiger partial charge in [0.25, 0.3) is 0 Å². The number of pyridine rings is 2. The number of halogens is 1. The molecule has 1 atom stereocenters. The molecule has 5 heteroatoms. The van der Waals surface area contributed by atoms with Crippen molar-refractivity contribution in [3.05, 3.63) is 83.5 Å². The lowest BCUT2D eigenvalue weighted by molar-refractivity contribution is 0.778. The van der Waals surface area contributed by atoms with E-state index in [1.807, 2.05) is 54.4 Å². The van der Waals surface area contributed by atoms with Crippen LogP contribution in [0.2, 0.25) is 5.02 Å². The van der Waals surface area contributed by atoms with Gasteiger partial charge in [-0.1, -0.05) is 67.8 Å². The first-order chi connectivity index (χ1) is 15.7. The Morgan fingerprint density at radius 1 is 1.00 bits per heavy atom. The smallest absolute Gasteiger partial charge is 0.136 e. The maximum absolute atomic E-state index is 6.47. The first kappa shape index (κ1) is 22.6. The molecule has 0 saturated heterocycles. The third-order valence-corrected chi connectivity index (χ3v) is 7.00. The van der Waals surface area contributed by atoms with E-state index in [9.17, 15) is 0 Å². The van der Waals surface area contributed by atoms with Crippen molar-refractivity contribution >= 4 is 40.1 Å². The van der Waals surface area contributed by atoms with Crippen LogP contribution in [0.1, 0.15) is 44.7 Å². The molecule has 0 saturated carbocycles. The van der Waals surface area contributed by atoms with Crippen LogP contribution in [-0.2, 0) is 0 Å². The second-order valence-corrected chi connectivity index (χ2v) is 9.41. The van der Waals surface area contributed by atoms with E-state index in [0.29, 0.717) is 5.02 Å². The Morgan fingerprint density at radius 2 is 1.81 bits per heavy atom. The summed E-state index contributed by atoms with van der Waals surface area (Å²) < 4.78 is 0. The van der Waals surface area contributed by atoms with Gasteiger partial charge in [0.05, 0.1) is 17.3 Å². The Morgan fingerprint density at radius 3 is 2.66 bits per heavy atom. The number of nitrogens with one attached hydrogen (secondary N) is 1. The largest absolute Gasteiger partial charge is 0.363 e. The van der Waals surface area contributed by atoms with Crippen LogP contribution in [0.4, 0.5) is 5.82 Å². The van der Waals surface area contributed by atoms with Crippen molar-refractivity contribution < 1.29 is 0 Å². The third-order valence-electron chi connectivity index (χ3n) is 5.49. The minimum Gasteiger partial charge on any atom is -0.363 e. The van der Waals surface area contributed by atoms with Crippen LogP contribution in [0.25, 0.3) is 22.2 Å². The number of thioether (sulfide) groups is 1. The number of hydrogen-bond donors (Lipinski definition) is 1. The summed E-state index contributed by atoms with van der Waals surface area (Å²) in [7, 11) is 0. The summed E-state index contributed by atoms with van der Waals surface area (Å²) in [4.78, 5) is 10.9. The van der Waals surface area contributed by atoms with E-state index in [-0.39, 0.29) is 6.04 Å². The fourth-order valence-electron chi connectivity index (χ4n) is 3.78. The molecule has 0 amide bonds. The molecule has 0 aliphatic rings. The third kappa shape index (κ3) is 5.25. The Labute approximate surface area is 199 Å². The van der Waals surface area contributed by atoms with Crippen LogP contribution in [0.3, 0.4) is 0 Å². The summed E-state index contributed by atoms with van der Waals surface area (Å²) in [5.41, 5.74) is 3.91. The van der Waals surface area contributed by atoms with Gasteiger partial charge in [0.2, 0.25) is 0 Å². The van der Waals surface area contributed by atoms with Gasteiger partial charge in [0, 0.05) is 27.1 Å². The zero-order chi connectivity index (χ0) is 22.3. The highest BCUT2D eigenvalue weighted by Gasteiger charge is 2.15. The number of benzene rings is 2. The second-order valence-electron chi connectivity index (χ2n) is 7.87. The first-order valence-corrected chi connectivity index (χ1v) is 12.5. The van der Waals surface area contributed by atoms with E-state index in [0.717, 1.165) is 33.7 Å². The van der Waals surface area contributed by atoms with Crippen molar-refractivity contribution in [2.45, 2.75) is 44.0 Å². The molecule has 1 unspecified atom stereocenters. The number of aromatic nitrogens is 2. The SMILES string of the molecule is CCCCCSc1ccccc1C(C)Nc1nc(-c2ccccc2Cl)cc2ncccc12. The second kappa shape index (κ2) is 10.8. The van der Waals surface area contributed by atoms with Gasteiger partial charge < -0.3 is 5.32 Å². The highest BCUT2D eigenvalue weighted by molar-refractivity contribution is 7.99. The maximum Gasteiger partial charge on any atom is 0.136 e. The molecule has 2 aromatic carbocycles. The van der Waals surface area contributed by atoms with Crippen LogP contribution >= 0.6 is 23.4 Å². The van der Waals surface area contributed by atoms with E-state index < -0.39 is 0 Å². The summed E-state index contributed by atoms with van der Waals surface area (Å²) in [6, 6.07) is 22.6. The molecule has 0 radical (unpaired) electrons. The zero-order valence-corrected chi connectivity index (χ0v) is 20.1. The molecule has 0 spiro atoms. The fraction of sp³-hybridized carbons (Fsp3) is 0.259. The minimum atomic E-state index is 0.0993. The van der Waals surface area contributed by atoms with Crippen LogP contribution in [-0.4, -0.2) is 15.7 Å². The predicted octanol–water partition coefficient (Wildman–Crippen LogP) is 8.41. The highest BCUT2D eigenvalue weighted by atomic mass is 35.5. The Kier molecular flexibility index (Phi) is 7.67. The number of unbranched alkanes of at least 4 members (excludes halogenated alkanes) is 2. The lowest BCUT2D eigenvalue weighted by Gasteiger charge is -2.20. The zero-order valence-electron chi connectivity index (χ0n) is 18.5. The molecule has 1 N–H and O–H groups in total. The van der Waals surface area contributed by atoms with Crippen LogP contribution in [0.15, 0.2) is 77.8 Å². The maximum atomic E-state index is 6.47. The molecule has 0 fully saturated rings. The van der Waals surface area contributed by atoms with Gasteiger partial charge >= 0.3 is 0 Å². The minimum absolute atomic E-state index is 0.0993. The Hall–Kier alpha value is -2.56. The summed E-state index contributed by atoms with van der Waals surface area (Å²) in [6.45, 7) is 4.44. The summed E-state index contributed by atoms with van der Waals surface area (Å²) >= 11 is 8.41. The number of anilines is 1. The van der Waals surface area contributed by atoms with E-state index in [2.05, 4.69) is 54.5 Å². The fourth-order valence-corrected chi connectivity index (χ4v) is 5.17. The van der Waals surface area contributed by atoms with Crippen molar-refractivity contribution in [1.82, 2.24) is 9.97 Å². The van der Waals surface area contributed by atoms with Crippen molar-refractivity contribution in [3.63, 3.8) is 0 Å². The highest BCUT2D eigenvalue weighted by Crippen LogP contribution is 2.34. The van der Waals surface area contributed by atoms with E-state index in [1.165, 1.54) is 29.7 Å².